The fourth-order valence-corrected chi connectivity index (χ4v) is 2.02. The Morgan fingerprint density at radius 1 is 0.875 bits per heavy atom. The largest absolute Gasteiger partial charge is 0.345 e. The SMILES string of the molecule is [B]1N=C(Cc2ccccc2)c2ccccc21. The van der Waals surface area contributed by atoms with Gasteiger partial charge in [0.15, 0.2) is 0 Å². The summed E-state index contributed by atoms with van der Waals surface area (Å²) >= 11 is 0. The highest BCUT2D eigenvalue weighted by molar-refractivity contribution is 6.59. The van der Waals surface area contributed by atoms with E-state index >= 15 is 0 Å². The van der Waals surface area contributed by atoms with Crippen molar-refractivity contribution in [2.75, 3.05) is 0 Å². The van der Waals surface area contributed by atoms with Gasteiger partial charge in [0.25, 0.3) is 0 Å². The molecule has 0 bridgehead atoms. The highest BCUT2D eigenvalue weighted by atomic mass is 14.7. The van der Waals surface area contributed by atoms with Crippen molar-refractivity contribution in [3.05, 3.63) is 65.7 Å². The van der Waals surface area contributed by atoms with Gasteiger partial charge in [0.05, 0.1) is 0 Å². The Kier molecular flexibility index (Phi) is 2.33. The summed E-state index contributed by atoms with van der Waals surface area (Å²) in [6.45, 7) is 0. The van der Waals surface area contributed by atoms with E-state index in [1.54, 1.807) is 0 Å². The van der Waals surface area contributed by atoms with Crippen LogP contribution in [0.1, 0.15) is 11.1 Å². The molecule has 1 heterocycles. The molecule has 0 N–H and O–H groups in total. The zero-order chi connectivity index (χ0) is 10.8. The molecule has 0 saturated heterocycles. The average Bonchev–Trinajstić information content (AvgIpc) is 2.74. The van der Waals surface area contributed by atoms with Crippen LogP contribution >= 0.6 is 0 Å². The topological polar surface area (TPSA) is 12.4 Å². The summed E-state index contributed by atoms with van der Waals surface area (Å²) in [6.07, 6.45) is 0.911. The van der Waals surface area contributed by atoms with E-state index in [0.29, 0.717) is 0 Å². The number of benzene rings is 2. The Labute approximate surface area is 96.1 Å². The third-order valence-corrected chi connectivity index (χ3v) is 2.85. The molecular weight excluding hydrogens is 193 g/mol. The Morgan fingerprint density at radius 2 is 1.62 bits per heavy atom. The third kappa shape index (κ3) is 1.67. The first-order valence-electron chi connectivity index (χ1n) is 5.47. The molecule has 0 atom stereocenters. The normalized spacial score (nSPS) is 12.9. The number of fused-ring (bicyclic) bond motifs is 1. The van der Waals surface area contributed by atoms with Crippen molar-refractivity contribution in [1.82, 2.24) is 0 Å². The van der Waals surface area contributed by atoms with Gasteiger partial charge >= 0.3 is 7.41 Å². The van der Waals surface area contributed by atoms with Crippen LogP contribution in [0.15, 0.2) is 59.5 Å². The van der Waals surface area contributed by atoms with E-state index in [0.717, 1.165) is 6.42 Å². The standard InChI is InChI=1S/C14H11BN/c1-2-6-11(7-3-1)10-14-12-8-4-5-9-13(12)15-16-14/h1-9H,10H2. The molecule has 1 nitrogen and oxygen atoms in total. The quantitative estimate of drug-likeness (QED) is 0.663. The molecule has 0 amide bonds. The van der Waals surface area contributed by atoms with Crippen molar-refractivity contribution < 1.29 is 0 Å². The number of hydrogen-bond donors (Lipinski definition) is 0. The Bertz CT molecular complexity index is 531. The van der Waals surface area contributed by atoms with E-state index in [-0.39, 0.29) is 0 Å². The zero-order valence-corrected chi connectivity index (χ0v) is 8.93. The molecule has 2 aromatic carbocycles. The van der Waals surface area contributed by atoms with E-state index in [2.05, 4.69) is 53.4 Å². The zero-order valence-electron chi connectivity index (χ0n) is 8.93. The molecule has 0 aliphatic carbocycles. The van der Waals surface area contributed by atoms with Crippen molar-refractivity contribution in [2.24, 2.45) is 4.90 Å². The van der Waals surface area contributed by atoms with Crippen LogP contribution < -0.4 is 5.46 Å². The lowest BCUT2D eigenvalue weighted by atomic mass is 9.83. The second kappa shape index (κ2) is 3.97. The van der Waals surface area contributed by atoms with Gasteiger partial charge in [-0.3, -0.25) is 0 Å². The van der Waals surface area contributed by atoms with Gasteiger partial charge in [0, 0.05) is 12.1 Å². The van der Waals surface area contributed by atoms with Crippen LogP contribution in [0.2, 0.25) is 0 Å². The lowest BCUT2D eigenvalue weighted by Gasteiger charge is -2.04. The summed E-state index contributed by atoms with van der Waals surface area (Å²) < 4.78 is 0. The number of nitrogens with zero attached hydrogens (tertiary/aromatic N) is 1. The summed E-state index contributed by atoms with van der Waals surface area (Å²) in [5.41, 5.74) is 4.98. The summed E-state index contributed by atoms with van der Waals surface area (Å²) in [4.78, 5) is 4.49. The maximum absolute atomic E-state index is 4.49. The molecule has 0 spiro atoms. The summed E-state index contributed by atoms with van der Waals surface area (Å²) in [7, 11) is 1.95. The molecule has 0 aromatic heterocycles. The first-order chi connectivity index (χ1) is 7.93. The highest BCUT2D eigenvalue weighted by Crippen LogP contribution is 2.10. The van der Waals surface area contributed by atoms with Gasteiger partial charge in [-0.25, -0.2) is 0 Å². The van der Waals surface area contributed by atoms with Crippen molar-refractivity contribution in [3.63, 3.8) is 0 Å². The van der Waals surface area contributed by atoms with Gasteiger partial charge in [-0.05, 0) is 16.6 Å². The number of hydrogen-bond acceptors (Lipinski definition) is 1. The predicted octanol–water partition coefficient (Wildman–Crippen LogP) is 1.98. The monoisotopic (exact) mass is 204 g/mol. The van der Waals surface area contributed by atoms with Crippen LogP contribution in [0.3, 0.4) is 0 Å². The molecule has 1 radical (unpaired) electrons. The van der Waals surface area contributed by atoms with Crippen LogP contribution in [-0.2, 0) is 6.42 Å². The van der Waals surface area contributed by atoms with Crippen LogP contribution in [0.4, 0.5) is 0 Å². The Hall–Kier alpha value is -1.83. The molecule has 0 fully saturated rings. The van der Waals surface area contributed by atoms with Gasteiger partial charge < -0.3 is 4.90 Å². The molecular formula is C14H11BN. The van der Waals surface area contributed by atoms with Crippen LogP contribution in [0.5, 0.6) is 0 Å². The molecule has 2 heteroatoms. The molecule has 16 heavy (non-hydrogen) atoms. The molecule has 0 unspecified atom stereocenters. The fourth-order valence-electron chi connectivity index (χ4n) is 2.02. The van der Waals surface area contributed by atoms with Gasteiger partial charge in [-0.1, -0.05) is 54.6 Å². The lowest BCUT2D eigenvalue weighted by molar-refractivity contribution is 1.33. The van der Waals surface area contributed by atoms with Crippen molar-refractivity contribution in [2.45, 2.75) is 6.42 Å². The lowest BCUT2D eigenvalue weighted by Crippen LogP contribution is -2.13. The summed E-state index contributed by atoms with van der Waals surface area (Å²) in [5, 5.41) is 0. The maximum Gasteiger partial charge on any atom is 0.313 e. The molecule has 1 aliphatic rings. The van der Waals surface area contributed by atoms with Crippen LogP contribution in [-0.4, -0.2) is 13.1 Å². The van der Waals surface area contributed by atoms with E-state index in [4.69, 9.17) is 0 Å². The third-order valence-electron chi connectivity index (χ3n) is 2.85. The first kappa shape index (κ1) is 9.40. The van der Waals surface area contributed by atoms with Gasteiger partial charge in [0.1, 0.15) is 0 Å². The number of rotatable bonds is 2. The van der Waals surface area contributed by atoms with Crippen molar-refractivity contribution >= 4 is 18.6 Å². The van der Waals surface area contributed by atoms with Crippen LogP contribution in [0, 0.1) is 0 Å². The van der Waals surface area contributed by atoms with Gasteiger partial charge in [-0.15, -0.1) is 0 Å². The minimum atomic E-state index is 0.911. The Balaban J connectivity index is 1.89. The minimum Gasteiger partial charge on any atom is -0.345 e. The maximum atomic E-state index is 4.49. The van der Waals surface area contributed by atoms with Gasteiger partial charge in [0.2, 0.25) is 0 Å². The Morgan fingerprint density at radius 3 is 2.50 bits per heavy atom. The summed E-state index contributed by atoms with van der Waals surface area (Å²) in [6, 6.07) is 18.8. The fraction of sp³-hybridized carbons (Fsp3) is 0.0714. The van der Waals surface area contributed by atoms with Gasteiger partial charge in [-0.2, -0.15) is 0 Å². The molecule has 0 saturated carbocycles. The minimum absolute atomic E-state index is 0.911. The highest BCUT2D eigenvalue weighted by Gasteiger charge is 2.15. The van der Waals surface area contributed by atoms with E-state index in [1.807, 2.05) is 13.5 Å². The van der Waals surface area contributed by atoms with E-state index < -0.39 is 0 Å². The molecule has 2 aromatic rings. The van der Waals surface area contributed by atoms with Crippen molar-refractivity contribution in [3.8, 4) is 0 Å². The first-order valence-corrected chi connectivity index (χ1v) is 5.47. The second-order valence-corrected chi connectivity index (χ2v) is 3.95. The van der Waals surface area contributed by atoms with Crippen LogP contribution in [0.25, 0.3) is 0 Å². The molecule has 75 valence electrons. The smallest absolute Gasteiger partial charge is 0.313 e. The van der Waals surface area contributed by atoms with Crippen molar-refractivity contribution in [1.29, 1.82) is 0 Å². The average molecular weight is 204 g/mol. The summed E-state index contributed by atoms with van der Waals surface area (Å²) in [5.74, 6) is 0. The van der Waals surface area contributed by atoms with E-state index in [1.165, 1.54) is 22.3 Å². The molecule has 3 rings (SSSR count). The molecule has 1 aliphatic heterocycles. The predicted molar refractivity (Wildman–Crippen MR) is 68.5 cm³/mol. The second-order valence-electron chi connectivity index (χ2n) is 3.95. The van der Waals surface area contributed by atoms with E-state index in [9.17, 15) is 0 Å².